The van der Waals surface area contributed by atoms with Gasteiger partial charge in [-0.25, -0.2) is 12.8 Å². The van der Waals surface area contributed by atoms with Crippen molar-refractivity contribution >= 4 is 27.5 Å². The Morgan fingerprint density at radius 2 is 1.74 bits per heavy atom. The maximum Gasteiger partial charge on any atom is 0.416 e. The normalized spacial score (nSPS) is 15.7. The number of alkyl halides is 3. The third kappa shape index (κ3) is 5.46. The molecule has 0 aromatic heterocycles. The first kappa shape index (κ1) is 23.3. The molecule has 31 heavy (non-hydrogen) atoms. The fourth-order valence-corrected chi connectivity index (χ4v) is 4.67. The number of ether oxygens (including phenoxy) is 1. The molecule has 6 nitrogen and oxygen atoms in total. The summed E-state index contributed by atoms with van der Waals surface area (Å²) in [5.74, 6) is -0.861. The van der Waals surface area contributed by atoms with Crippen LogP contribution in [-0.2, 0) is 21.0 Å². The van der Waals surface area contributed by atoms with E-state index in [-0.39, 0.29) is 43.6 Å². The molecule has 168 valence electrons. The van der Waals surface area contributed by atoms with Gasteiger partial charge in [0.2, 0.25) is 10.0 Å². The highest BCUT2D eigenvalue weighted by Crippen LogP contribution is 2.31. The van der Waals surface area contributed by atoms with Gasteiger partial charge in [0.1, 0.15) is 11.6 Å². The fourth-order valence-electron chi connectivity index (χ4n) is 2.98. The monoisotopic (exact) mass is 480 g/mol. The first-order valence-electron chi connectivity index (χ1n) is 9.01. The predicted molar refractivity (Wildman–Crippen MR) is 104 cm³/mol. The zero-order valence-electron chi connectivity index (χ0n) is 15.9. The zero-order chi connectivity index (χ0) is 22.8. The molecule has 3 rings (SSSR count). The van der Waals surface area contributed by atoms with Gasteiger partial charge in [0.25, 0.3) is 5.91 Å². The number of nitrogens with zero attached hydrogens (tertiary/aromatic N) is 2. The highest BCUT2D eigenvalue weighted by Gasteiger charge is 2.34. The Kier molecular flexibility index (Phi) is 6.77. The summed E-state index contributed by atoms with van der Waals surface area (Å²) in [6, 6.07) is 6.97. The van der Waals surface area contributed by atoms with Gasteiger partial charge in [-0.2, -0.15) is 17.5 Å². The van der Waals surface area contributed by atoms with E-state index in [9.17, 15) is 30.8 Å². The molecular formula is C19H17ClF4N2O4S. The molecule has 0 radical (unpaired) electrons. The van der Waals surface area contributed by atoms with Crippen molar-refractivity contribution in [3.05, 3.63) is 58.9 Å². The van der Waals surface area contributed by atoms with Gasteiger partial charge >= 0.3 is 6.18 Å². The maximum absolute atomic E-state index is 13.0. The van der Waals surface area contributed by atoms with Crippen LogP contribution in [-0.4, -0.2) is 56.3 Å². The number of carbonyl (C=O) groups is 1. The zero-order valence-corrected chi connectivity index (χ0v) is 17.5. The molecule has 0 aliphatic carbocycles. The number of amides is 1. The van der Waals surface area contributed by atoms with Gasteiger partial charge in [0.05, 0.1) is 15.5 Å². The molecule has 12 heteroatoms. The molecule has 0 unspecified atom stereocenters. The average molecular weight is 481 g/mol. The molecular weight excluding hydrogens is 464 g/mol. The van der Waals surface area contributed by atoms with Crippen molar-refractivity contribution < 1.29 is 35.5 Å². The molecule has 1 amide bonds. The summed E-state index contributed by atoms with van der Waals surface area (Å²) in [7, 11) is -4.15. The van der Waals surface area contributed by atoms with Gasteiger partial charge in [-0.1, -0.05) is 17.7 Å². The van der Waals surface area contributed by atoms with Crippen LogP contribution in [0, 0.1) is 5.82 Å². The Labute approximate surface area is 181 Å². The number of hydrogen-bond donors (Lipinski definition) is 0. The molecule has 1 fully saturated rings. The lowest BCUT2D eigenvalue weighted by Crippen LogP contribution is -2.51. The summed E-state index contributed by atoms with van der Waals surface area (Å²) in [5.41, 5.74) is -1.06. The number of sulfonamides is 1. The van der Waals surface area contributed by atoms with E-state index in [4.69, 9.17) is 16.3 Å². The van der Waals surface area contributed by atoms with Gasteiger partial charge in [0, 0.05) is 26.2 Å². The van der Waals surface area contributed by atoms with E-state index in [1.807, 2.05) is 0 Å². The smallest absolute Gasteiger partial charge is 0.416 e. The lowest BCUT2D eigenvalue weighted by Gasteiger charge is -2.34. The van der Waals surface area contributed by atoms with E-state index in [1.54, 1.807) is 0 Å². The third-order valence-corrected chi connectivity index (χ3v) is 6.83. The topological polar surface area (TPSA) is 66.9 Å². The minimum Gasteiger partial charge on any atom is -0.482 e. The minimum absolute atomic E-state index is 0.00444. The van der Waals surface area contributed by atoms with E-state index in [0.717, 1.165) is 34.6 Å². The molecule has 1 heterocycles. The Bertz CT molecular complexity index is 1070. The SMILES string of the molecule is O=C(COc1ccc(F)cc1Cl)N1CCN(S(=O)(=O)c2cccc(C(F)(F)F)c2)CC1. The van der Waals surface area contributed by atoms with E-state index in [2.05, 4.69) is 0 Å². The van der Waals surface area contributed by atoms with Crippen LogP contribution < -0.4 is 4.74 Å². The summed E-state index contributed by atoms with van der Waals surface area (Å²) in [6.45, 7) is -0.468. The van der Waals surface area contributed by atoms with Crippen LogP contribution >= 0.6 is 11.6 Å². The van der Waals surface area contributed by atoms with Crippen LogP contribution in [0.25, 0.3) is 0 Å². The van der Waals surface area contributed by atoms with Crippen molar-refractivity contribution in [2.75, 3.05) is 32.8 Å². The van der Waals surface area contributed by atoms with Crippen LogP contribution in [0.4, 0.5) is 17.6 Å². The number of rotatable bonds is 5. The van der Waals surface area contributed by atoms with Crippen LogP contribution in [0.1, 0.15) is 5.56 Å². The Hall–Kier alpha value is -2.37. The second-order valence-electron chi connectivity index (χ2n) is 6.67. The molecule has 0 bridgehead atoms. The van der Waals surface area contributed by atoms with Gasteiger partial charge in [0.15, 0.2) is 6.61 Å². The maximum atomic E-state index is 13.0. The number of halogens is 5. The van der Waals surface area contributed by atoms with Crippen LogP contribution in [0.15, 0.2) is 47.4 Å². The van der Waals surface area contributed by atoms with Crippen molar-refractivity contribution in [1.82, 2.24) is 9.21 Å². The average Bonchev–Trinajstić information content (AvgIpc) is 2.72. The van der Waals surface area contributed by atoms with Gasteiger partial charge < -0.3 is 9.64 Å². The van der Waals surface area contributed by atoms with Crippen LogP contribution in [0.3, 0.4) is 0 Å². The molecule has 1 saturated heterocycles. The summed E-state index contributed by atoms with van der Waals surface area (Å²) < 4.78 is 83.4. The van der Waals surface area contributed by atoms with E-state index >= 15 is 0 Å². The van der Waals surface area contributed by atoms with Crippen molar-refractivity contribution in [3.8, 4) is 5.75 Å². The quantitative estimate of drug-likeness (QED) is 0.615. The molecule has 0 spiro atoms. The molecule has 1 aliphatic heterocycles. The molecule has 2 aromatic rings. The number of hydrogen-bond acceptors (Lipinski definition) is 4. The molecule has 0 saturated carbocycles. The second-order valence-corrected chi connectivity index (χ2v) is 9.02. The molecule has 0 atom stereocenters. The molecule has 1 aliphatic rings. The van der Waals surface area contributed by atoms with Gasteiger partial charge in [-0.3, -0.25) is 4.79 Å². The number of piperazine rings is 1. The summed E-state index contributed by atoms with van der Waals surface area (Å²) in [5, 5.41) is 0.00444. The summed E-state index contributed by atoms with van der Waals surface area (Å²) in [6.07, 6.45) is -4.66. The first-order chi connectivity index (χ1) is 14.5. The lowest BCUT2D eigenvalue weighted by molar-refractivity contribution is -0.138. The highest BCUT2D eigenvalue weighted by atomic mass is 35.5. The number of benzene rings is 2. The largest absolute Gasteiger partial charge is 0.482 e. The Balaban J connectivity index is 1.60. The first-order valence-corrected chi connectivity index (χ1v) is 10.8. The molecule has 0 N–H and O–H groups in total. The van der Waals surface area contributed by atoms with Crippen molar-refractivity contribution in [2.24, 2.45) is 0 Å². The van der Waals surface area contributed by atoms with Gasteiger partial charge in [-0.15, -0.1) is 0 Å². The van der Waals surface area contributed by atoms with Crippen molar-refractivity contribution in [2.45, 2.75) is 11.1 Å². The third-order valence-electron chi connectivity index (χ3n) is 4.64. The second kappa shape index (κ2) is 9.01. The predicted octanol–water partition coefficient (Wildman–Crippen LogP) is 3.41. The summed E-state index contributed by atoms with van der Waals surface area (Å²) >= 11 is 5.83. The Morgan fingerprint density at radius 1 is 1.06 bits per heavy atom. The lowest BCUT2D eigenvalue weighted by atomic mass is 10.2. The fraction of sp³-hybridized carbons (Fsp3) is 0.316. The summed E-state index contributed by atoms with van der Waals surface area (Å²) in [4.78, 5) is 13.2. The van der Waals surface area contributed by atoms with Crippen molar-refractivity contribution in [1.29, 1.82) is 0 Å². The molecule has 2 aromatic carbocycles. The van der Waals surface area contributed by atoms with E-state index in [0.29, 0.717) is 6.07 Å². The highest BCUT2D eigenvalue weighted by molar-refractivity contribution is 7.89. The van der Waals surface area contributed by atoms with Gasteiger partial charge in [-0.05, 0) is 36.4 Å². The van der Waals surface area contributed by atoms with E-state index < -0.39 is 38.4 Å². The Morgan fingerprint density at radius 3 is 2.35 bits per heavy atom. The van der Waals surface area contributed by atoms with Crippen LogP contribution in [0.5, 0.6) is 5.75 Å². The van der Waals surface area contributed by atoms with Crippen LogP contribution in [0.2, 0.25) is 5.02 Å². The number of carbonyl (C=O) groups excluding carboxylic acids is 1. The van der Waals surface area contributed by atoms with Crippen molar-refractivity contribution in [3.63, 3.8) is 0 Å². The minimum atomic E-state index is -4.66. The standard InChI is InChI=1S/C19H17ClF4N2O4S/c20-16-11-14(21)4-5-17(16)30-12-18(27)25-6-8-26(9-7-25)31(28,29)15-3-1-2-13(10-15)19(22,23)24/h1-5,10-11H,6-9,12H2. The van der Waals surface area contributed by atoms with E-state index in [1.165, 1.54) is 11.0 Å².